The first kappa shape index (κ1) is 23.2. The second-order valence-electron chi connectivity index (χ2n) is 5.30. The highest BCUT2D eigenvalue weighted by Crippen LogP contribution is 2.24. The van der Waals surface area contributed by atoms with Crippen LogP contribution in [-0.2, 0) is 9.47 Å². The Balaban J connectivity index is 0.000000283. The van der Waals surface area contributed by atoms with Gasteiger partial charge in [-0.2, -0.15) is 0 Å². The minimum atomic E-state index is -0.484. The molecular formula is C20H21BrO7. The number of benzene rings is 2. The summed E-state index contributed by atoms with van der Waals surface area (Å²) < 4.78 is 20.0. The van der Waals surface area contributed by atoms with E-state index in [0.717, 1.165) is 4.47 Å². The van der Waals surface area contributed by atoms with E-state index >= 15 is 0 Å². The van der Waals surface area contributed by atoms with Crippen LogP contribution in [0.1, 0.15) is 38.0 Å². The maximum Gasteiger partial charge on any atom is 0.341 e. The summed E-state index contributed by atoms with van der Waals surface area (Å²) in [5, 5.41) is 0. The Morgan fingerprint density at radius 3 is 1.64 bits per heavy atom. The number of hydrogen-bond donors (Lipinski definition) is 0. The van der Waals surface area contributed by atoms with Gasteiger partial charge in [0.2, 0.25) is 0 Å². The standard InChI is InChI=1S/C11H12O4.C9H9BrO3/c1-7(12)8-4-5-9(11(13)15-3)10(6-8)14-2;1-12-8-5-6(10)3-4-7(8)9(11)13-2/h4-6H,1-3H3;3-5H,1-2H3. The van der Waals surface area contributed by atoms with Gasteiger partial charge in [-0.05, 0) is 37.3 Å². The zero-order valence-corrected chi connectivity index (χ0v) is 17.8. The van der Waals surface area contributed by atoms with Crippen LogP contribution in [0.2, 0.25) is 0 Å². The maximum atomic E-state index is 11.3. The number of ketones is 1. The summed E-state index contributed by atoms with van der Waals surface area (Å²) in [6, 6.07) is 9.73. The molecule has 2 aromatic carbocycles. The topological polar surface area (TPSA) is 88.1 Å². The fourth-order valence-electron chi connectivity index (χ4n) is 2.13. The van der Waals surface area contributed by atoms with Gasteiger partial charge in [0.25, 0.3) is 0 Å². The van der Waals surface area contributed by atoms with Crippen LogP contribution in [0.5, 0.6) is 11.5 Å². The molecule has 7 nitrogen and oxygen atoms in total. The summed E-state index contributed by atoms with van der Waals surface area (Å²) in [5.41, 5.74) is 1.23. The van der Waals surface area contributed by atoms with Crippen LogP contribution in [0.25, 0.3) is 0 Å². The van der Waals surface area contributed by atoms with Crippen LogP contribution in [-0.4, -0.2) is 46.2 Å². The number of hydrogen-bond acceptors (Lipinski definition) is 7. The summed E-state index contributed by atoms with van der Waals surface area (Å²) in [6.07, 6.45) is 0. The van der Waals surface area contributed by atoms with Crippen molar-refractivity contribution in [2.75, 3.05) is 28.4 Å². The molecule has 28 heavy (non-hydrogen) atoms. The van der Waals surface area contributed by atoms with Crippen LogP contribution in [0.3, 0.4) is 0 Å². The number of halogens is 1. The third-order valence-corrected chi connectivity index (χ3v) is 4.08. The second-order valence-corrected chi connectivity index (χ2v) is 6.21. The summed E-state index contributed by atoms with van der Waals surface area (Å²) in [4.78, 5) is 33.6. The Kier molecular flexibility index (Phi) is 9.17. The van der Waals surface area contributed by atoms with E-state index in [1.807, 2.05) is 0 Å². The van der Waals surface area contributed by atoms with E-state index in [1.54, 1.807) is 24.3 Å². The minimum absolute atomic E-state index is 0.0790. The van der Waals surface area contributed by atoms with E-state index in [1.165, 1.54) is 47.5 Å². The van der Waals surface area contributed by atoms with Crippen molar-refractivity contribution < 1.29 is 33.3 Å². The zero-order chi connectivity index (χ0) is 21.3. The minimum Gasteiger partial charge on any atom is -0.496 e. The Morgan fingerprint density at radius 1 is 0.750 bits per heavy atom. The molecular weight excluding hydrogens is 432 g/mol. The van der Waals surface area contributed by atoms with Crippen molar-refractivity contribution in [3.05, 3.63) is 57.6 Å². The summed E-state index contributed by atoms with van der Waals surface area (Å²) in [5.74, 6) is -0.119. The monoisotopic (exact) mass is 452 g/mol. The van der Waals surface area contributed by atoms with Crippen molar-refractivity contribution in [1.29, 1.82) is 0 Å². The fraction of sp³-hybridized carbons (Fsp3) is 0.250. The van der Waals surface area contributed by atoms with E-state index < -0.39 is 11.9 Å². The molecule has 0 unspecified atom stereocenters. The normalized spacial score (nSPS) is 9.50. The molecule has 0 saturated carbocycles. The van der Waals surface area contributed by atoms with E-state index in [9.17, 15) is 14.4 Å². The lowest BCUT2D eigenvalue weighted by Gasteiger charge is -2.07. The van der Waals surface area contributed by atoms with Gasteiger partial charge in [0.1, 0.15) is 22.6 Å². The van der Waals surface area contributed by atoms with Gasteiger partial charge in [0, 0.05) is 10.0 Å². The zero-order valence-electron chi connectivity index (χ0n) is 16.2. The quantitative estimate of drug-likeness (QED) is 0.501. The predicted octanol–water partition coefficient (Wildman–Crippen LogP) is 3.93. The molecule has 0 saturated heterocycles. The van der Waals surface area contributed by atoms with Crippen molar-refractivity contribution >= 4 is 33.7 Å². The van der Waals surface area contributed by atoms with E-state index in [2.05, 4.69) is 25.4 Å². The van der Waals surface area contributed by atoms with E-state index in [4.69, 9.17) is 9.47 Å². The van der Waals surface area contributed by atoms with Crippen LogP contribution in [0.15, 0.2) is 40.9 Å². The van der Waals surface area contributed by atoms with Gasteiger partial charge < -0.3 is 18.9 Å². The number of Topliss-reactive ketones (excluding diaryl/α,β-unsaturated/α-hetero) is 1. The maximum absolute atomic E-state index is 11.3. The number of carbonyl (C=O) groups is 3. The average Bonchev–Trinajstić information content (AvgIpc) is 2.72. The van der Waals surface area contributed by atoms with E-state index in [0.29, 0.717) is 28.2 Å². The smallest absolute Gasteiger partial charge is 0.341 e. The SMILES string of the molecule is COC(=O)c1ccc(Br)cc1OC.COC(=O)c1ccc(C(C)=O)cc1OC. The van der Waals surface area contributed by atoms with Gasteiger partial charge in [0.05, 0.1) is 28.4 Å². The van der Waals surface area contributed by atoms with Crippen molar-refractivity contribution in [2.45, 2.75) is 6.92 Å². The Morgan fingerprint density at radius 2 is 1.21 bits per heavy atom. The van der Waals surface area contributed by atoms with Crippen LogP contribution in [0, 0.1) is 0 Å². The van der Waals surface area contributed by atoms with Crippen LogP contribution in [0.4, 0.5) is 0 Å². The molecule has 0 spiro atoms. The molecule has 0 bridgehead atoms. The van der Waals surface area contributed by atoms with Crippen molar-refractivity contribution in [3.8, 4) is 11.5 Å². The van der Waals surface area contributed by atoms with Gasteiger partial charge in [-0.1, -0.05) is 22.0 Å². The molecule has 0 heterocycles. The van der Waals surface area contributed by atoms with E-state index in [-0.39, 0.29) is 5.78 Å². The van der Waals surface area contributed by atoms with Gasteiger partial charge in [0.15, 0.2) is 5.78 Å². The predicted molar refractivity (Wildman–Crippen MR) is 106 cm³/mol. The third-order valence-electron chi connectivity index (χ3n) is 3.58. The molecule has 0 atom stereocenters. The molecule has 0 fully saturated rings. The van der Waals surface area contributed by atoms with Crippen molar-refractivity contribution in [1.82, 2.24) is 0 Å². The van der Waals surface area contributed by atoms with Crippen molar-refractivity contribution in [3.63, 3.8) is 0 Å². The molecule has 2 rings (SSSR count). The lowest BCUT2D eigenvalue weighted by Crippen LogP contribution is -2.05. The average molecular weight is 453 g/mol. The van der Waals surface area contributed by atoms with Crippen LogP contribution >= 0.6 is 15.9 Å². The van der Waals surface area contributed by atoms with Crippen molar-refractivity contribution in [2.24, 2.45) is 0 Å². The molecule has 0 aliphatic rings. The summed E-state index contributed by atoms with van der Waals surface area (Å²) in [6.45, 7) is 1.45. The Bertz CT molecular complexity index is 862. The number of carbonyl (C=O) groups excluding carboxylic acids is 3. The lowest BCUT2D eigenvalue weighted by atomic mass is 10.1. The molecule has 0 N–H and O–H groups in total. The summed E-state index contributed by atoms with van der Waals surface area (Å²) >= 11 is 3.28. The lowest BCUT2D eigenvalue weighted by molar-refractivity contribution is 0.0588. The molecule has 0 radical (unpaired) electrons. The summed E-state index contributed by atoms with van der Waals surface area (Å²) in [7, 11) is 5.57. The molecule has 0 amide bonds. The van der Waals surface area contributed by atoms with Gasteiger partial charge in [-0.25, -0.2) is 9.59 Å². The van der Waals surface area contributed by atoms with Crippen LogP contribution < -0.4 is 9.47 Å². The third kappa shape index (κ3) is 6.09. The Labute approximate surface area is 171 Å². The number of esters is 2. The second kappa shape index (κ2) is 11.1. The fourth-order valence-corrected chi connectivity index (χ4v) is 2.47. The number of methoxy groups -OCH3 is 4. The molecule has 0 aliphatic carbocycles. The molecule has 0 aliphatic heterocycles. The highest BCUT2D eigenvalue weighted by molar-refractivity contribution is 9.10. The molecule has 8 heteroatoms. The molecule has 150 valence electrons. The highest BCUT2D eigenvalue weighted by atomic mass is 79.9. The first-order valence-electron chi connectivity index (χ1n) is 7.98. The largest absolute Gasteiger partial charge is 0.496 e. The first-order chi connectivity index (χ1) is 13.3. The van der Waals surface area contributed by atoms with Gasteiger partial charge in [-0.3, -0.25) is 4.79 Å². The van der Waals surface area contributed by atoms with Gasteiger partial charge >= 0.3 is 11.9 Å². The van der Waals surface area contributed by atoms with Gasteiger partial charge in [-0.15, -0.1) is 0 Å². The number of ether oxygens (including phenoxy) is 4. The number of rotatable bonds is 5. The molecule has 0 aromatic heterocycles. The molecule has 2 aromatic rings. The Hall–Kier alpha value is -2.87. The first-order valence-corrected chi connectivity index (χ1v) is 8.77. The highest BCUT2D eigenvalue weighted by Gasteiger charge is 2.14.